The standard InChI is InChI=1S/C21H36N4O3/c1-2-28-21(27)25(15-14-22)17-18(16-23)20(26)24-19-12-10-8-6-4-3-5-7-9-11-13-19/h17,19H,2-15,22H2,1H3,(H,24,26)/b18-17-. The molecule has 1 saturated carbocycles. The summed E-state index contributed by atoms with van der Waals surface area (Å²) in [5.74, 6) is -0.439. The van der Waals surface area contributed by atoms with Crippen LogP contribution in [0.2, 0.25) is 0 Å². The molecule has 0 aromatic rings. The van der Waals surface area contributed by atoms with Crippen LogP contribution in [-0.2, 0) is 9.53 Å². The van der Waals surface area contributed by atoms with Gasteiger partial charge in [0.25, 0.3) is 5.91 Å². The van der Waals surface area contributed by atoms with Crippen LogP contribution in [0.1, 0.15) is 77.6 Å². The van der Waals surface area contributed by atoms with Crippen molar-refractivity contribution in [1.29, 1.82) is 5.26 Å². The third-order valence-corrected chi connectivity index (χ3v) is 4.96. The van der Waals surface area contributed by atoms with E-state index in [2.05, 4.69) is 5.32 Å². The van der Waals surface area contributed by atoms with Crippen molar-refractivity contribution in [3.63, 3.8) is 0 Å². The van der Waals surface area contributed by atoms with Gasteiger partial charge in [-0.3, -0.25) is 9.69 Å². The maximum Gasteiger partial charge on any atom is 0.413 e. The molecule has 0 aromatic heterocycles. The molecule has 0 saturated heterocycles. The summed E-state index contributed by atoms with van der Waals surface area (Å²) in [6.45, 7) is 2.30. The second kappa shape index (κ2) is 14.9. The zero-order chi connectivity index (χ0) is 20.6. The highest BCUT2D eigenvalue weighted by atomic mass is 16.6. The van der Waals surface area contributed by atoms with Gasteiger partial charge in [-0.25, -0.2) is 4.79 Å². The van der Waals surface area contributed by atoms with E-state index < -0.39 is 12.0 Å². The van der Waals surface area contributed by atoms with Crippen molar-refractivity contribution < 1.29 is 14.3 Å². The molecular formula is C21H36N4O3. The van der Waals surface area contributed by atoms with E-state index in [-0.39, 0.29) is 31.3 Å². The molecule has 0 radical (unpaired) electrons. The Morgan fingerprint density at radius 3 is 2.11 bits per heavy atom. The Morgan fingerprint density at radius 2 is 1.64 bits per heavy atom. The summed E-state index contributed by atoms with van der Waals surface area (Å²) in [5.41, 5.74) is 5.42. The lowest BCUT2D eigenvalue weighted by Gasteiger charge is -2.20. The van der Waals surface area contributed by atoms with E-state index in [4.69, 9.17) is 10.5 Å². The van der Waals surface area contributed by atoms with Crippen molar-refractivity contribution in [2.45, 2.75) is 83.6 Å². The molecule has 0 aromatic carbocycles. The Morgan fingerprint density at radius 1 is 1.11 bits per heavy atom. The summed E-state index contributed by atoms with van der Waals surface area (Å²) >= 11 is 0. The van der Waals surface area contributed by atoms with E-state index in [0.717, 1.165) is 25.7 Å². The van der Waals surface area contributed by atoms with Crippen LogP contribution in [0.15, 0.2) is 11.8 Å². The molecule has 1 rings (SSSR count). The first-order valence-electron chi connectivity index (χ1n) is 10.7. The highest BCUT2D eigenvalue weighted by Gasteiger charge is 2.19. The number of nitrogens with zero attached hydrogens (tertiary/aromatic N) is 2. The van der Waals surface area contributed by atoms with Crippen molar-refractivity contribution in [3.05, 3.63) is 11.8 Å². The van der Waals surface area contributed by atoms with Crippen molar-refractivity contribution in [2.24, 2.45) is 5.73 Å². The van der Waals surface area contributed by atoms with Crippen molar-refractivity contribution >= 4 is 12.0 Å². The van der Waals surface area contributed by atoms with Gasteiger partial charge in [0, 0.05) is 25.3 Å². The number of hydrogen-bond donors (Lipinski definition) is 2. The molecule has 7 nitrogen and oxygen atoms in total. The van der Waals surface area contributed by atoms with Crippen LogP contribution < -0.4 is 11.1 Å². The SMILES string of the molecule is CCOC(=O)N(/C=C(/C#N)C(=O)NC1CCCCCCCCCCC1)CCN. The molecule has 0 unspecified atom stereocenters. The minimum atomic E-state index is -0.612. The van der Waals surface area contributed by atoms with E-state index in [9.17, 15) is 14.9 Å². The van der Waals surface area contributed by atoms with Crippen molar-refractivity contribution in [1.82, 2.24) is 10.2 Å². The maximum absolute atomic E-state index is 12.6. The third kappa shape index (κ3) is 9.75. The van der Waals surface area contributed by atoms with Crippen molar-refractivity contribution in [2.75, 3.05) is 19.7 Å². The molecule has 28 heavy (non-hydrogen) atoms. The van der Waals surface area contributed by atoms with Crippen LogP contribution in [-0.4, -0.2) is 42.6 Å². The highest BCUT2D eigenvalue weighted by Crippen LogP contribution is 2.17. The molecule has 1 fully saturated rings. The summed E-state index contributed by atoms with van der Waals surface area (Å²) in [4.78, 5) is 25.8. The van der Waals surface area contributed by atoms with Crippen LogP contribution in [0.5, 0.6) is 0 Å². The minimum Gasteiger partial charge on any atom is -0.449 e. The number of rotatable bonds is 6. The second-order valence-electron chi connectivity index (χ2n) is 7.27. The van der Waals surface area contributed by atoms with Crippen LogP contribution in [0.25, 0.3) is 0 Å². The first-order valence-corrected chi connectivity index (χ1v) is 10.7. The third-order valence-electron chi connectivity index (χ3n) is 4.96. The van der Waals surface area contributed by atoms with Crippen LogP contribution >= 0.6 is 0 Å². The molecule has 0 spiro atoms. The van der Waals surface area contributed by atoms with Crippen molar-refractivity contribution in [3.8, 4) is 6.07 Å². The molecule has 0 atom stereocenters. The molecule has 2 amide bonds. The Balaban J connectivity index is 2.74. The number of nitriles is 1. The molecule has 1 aliphatic carbocycles. The number of carbonyl (C=O) groups excluding carboxylic acids is 2. The zero-order valence-electron chi connectivity index (χ0n) is 17.3. The van der Waals surface area contributed by atoms with E-state index in [0.29, 0.717) is 0 Å². The topological polar surface area (TPSA) is 108 Å². The normalized spacial score (nSPS) is 17.5. The summed E-state index contributed by atoms with van der Waals surface area (Å²) in [6, 6.07) is 1.97. The molecule has 158 valence electrons. The lowest BCUT2D eigenvalue weighted by Crippen LogP contribution is -2.37. The minimum absolute atomic E-state index is 0.0641. The van der Waals surface area contributed by atoms with Gasteiger partial charge >= 0.3 is 6.09 Å². The fourth-order valence-electron chi connectivity index (χ4n) is 3.42. The predicted octanol–water partition coefficient (Wildman–Crippen LogP) is 3.60. The highest BCUT2D eigenvalue weighted by molar-refractivity contribution is 5.97. The molecular weight excluding hydrogens is 356 g/mol. The van der Waals surface area contributed by atoms with E-state index >= 15 is 0 Å². The molecule has 7 heteroatoms. The summed E-state index contributed by atoms with van der Waals surface area (Å²) < 4.78 is 4.96. The van der Waals surface area contributed by atoms with Crippen LogP contribution in [0, 0.1) is 11.3 Å². The zero-order valence-corrected chi connectivity index (χ0v) is 17.3. The largest absolute Gasteiger partial charge is 0.449 e. The lowest BCUT2D eigenvalue weighted by molar-refractivity contribution is -0.118. The van der Waals surface area contributed by atoms with Gasteiger partial charge in [-0.15, -0.1) is 0 Å². The first-order chi connectivity index (χ1) is 13.6. The van der Waals surface area contributed by atoms with Gasteiger partial charge in [-0.2, -0.15) is 5.26 Å². The van der Waals surface area contributed by atoms with Crippen LogP contribution in [0.4, 0.5) is 4.79 Å². The smallest absolute Gasteiger partial charge is 0.413 e. The predicted molar refractivity (Wildman–Crippen MR) is 109 cm³/mol. The lowest BCUT2D eigenvalue weighted by atomic mass is 9.97. The van der Waals surface area contributed by atoms with Gasteiger partial charge in [0.05, 0.1) is 6.61 Å². The Bertz CT molecular complexity index is 530. The number of ether oxygens (including phenoxy) is 1. The summed E-state index contributed by atoms with van der Waals surface area (Å²) in [7, 11) is 0. The fraction of sp³-hybridized carbons (Fsp3) is 0.762. The Hall–Kier alpha value is -2.07. The second-order valence-corrected chi connectivity index (χ2v) is 7.27. The number of amides is 2. The first kappa shape index (κ1) is 24.0. The Kier molecular flexibility index (Phi) is 12.8. The van der Waals surface area contributed by atoms with Gasteiger partial charge in [0.1, 0.15) is 11.6 Å². The van der Waals surface area contributed by atoms with Gasteiger partial charge in [0.2, 0.25) is 0 Å². The molecule has 3 N–H and O–H groups in total. The monoisotopic (exact) mass is 392 g/mol. The number of hydrogen-bond acceptors (Lipinski definition) is 5. The average molecular weight is 393 g/mol. The number of carbonyl (C=O) groups is 2. The number of nitrogens with one attached hydrogen (secondary N) is 1. The number of nitrogens with two attached hydrogens (primary N) is 1. The van der Waals surface area contributed by atoms with E-state index in [1.165, 1.54) is 56.0 Å². The Labute approximate surface area is 169 Å². The van der Waals surface area contributed by atoms with Gasteiger partial charge in [0.15, 0.2) is 0 Å². The summed E-state index contributed by atoms with van der Waals surface area (Å²) in [5, 5.41) is 12.4. The molecule has 1 aliphatic rings. The quantitative estimate of drug-likeness (QED) is 0.530. The summed E-state index contributed by atoms with van der Waals surface area (Å²) in [6.07, 6.45) is 13.4. The van der Waals surface area contributed by atoms with Gasteiger partial charge in [-0.05, 0) is 19.8 Å². The maximum atomic E-state index is 12.6. The van der Waals surface area contributed by atoms with E-state index in [1.54, 1.807) is 6.92 Å². The van der Waals surface area contributed by atoms with Crippen LogP contribution in [0.3, 0.4) is 0 Å². The van der Waals surface area contributed by atoms with Gasteiger partial charge < -0.3 is 15.8 Å². The molecule has 0 aliphatic heterocycles. The molecule has 0 bridgehead atoms. The average Bonchev–Trinajstić information content (AvgIpc) is 2.67. The van der Waals surface area contributed by atoms with E-state index in [1.807, 2.05) is 6.07 Å². The van der Waals surface area contributed by atoms with Gasteiger partial charge in [-0.1, -0.05) is 57.8 Å². The fourth-order valence-corrected chi connectivity index (χ4v) is 3.42. The molecule has 0 heterocycles.